The average molecular weight is 366 g/mol. The predicted octanol–water partition coefficient (Wildman–Crippen LogP) is 3.43. The summed E-state index contributed by atoms with van der Waals surface area (Å²) in [6.45, 7) is 6.66. The molecule has 0 atom stereocenters. The van der Waals surface area contributed by atoms with Crippen molar-refractivity contribution in [3.05, 3.63) is 48.3 Å². The van der Waals surface area contributed by atoms with Crippen molar-refractivity contribution in [2.45, 2.75) is 32.2 Å². The molecule has 1 aromatic carbocycles. The third-order valence-electron chi connectivity index (χ3n) is 5.87. The first-order valence-corrected chi connectivity index (χ1v) is 10.3. The smallest absolute Gasteiger partial charge is 0.134 e. The number of hydrogen-bond acceptors (Lipinski definition) is 5. The summed E-state index contributed by atoms with van der Waals surface area (Å²) in [5.74, 6) is 2.97. The number of piperidine rings is 1. The zero-order chi connectivity index (χ0) is 18.5. The Morgan fingerprint density at radius 1 is 0.926 bits per heavy atom. The molecule has 2 aliphatic heterocycles. The average Bonchev–Trinajstić information content (AvgIpc) is 3.24. The van der Waals surface area contributed by atoms with Gasteiger partial charge in [-0.2, -0.15) is 0 Å². The quantitative estimate of drug-likeness (QED) is 0.784. The third kappa shape index (κ3) is 4.78. The number of aromatic nitrogens is 2. The maximum Gasteiger partial charge on any atom is 0.134 e. The summed E-state index contributed by atoms with van der Waals surface area (Å²) in [6, 6.07) is 13.0. The highest BCUT2D eigenvalue weighted by molar-refractivity contribution is 5.50. The van der Waals surface area contributed by atoms with E-state index in [0.717, 1.165) is 50.3 Å². The molecular formula is C22H31N5. The van der Waals surface area contributed by atoms with Crippen LogP contribution in [0.2, 0.25) is 0 Å². The molecule has 2 aliphatic rings. The van der Waals surface area contributed by atoms with Gasteiger partial charge in [-0.05, 0) is 44.2 Å². The highest BCUT2D eigenvalue weighted by atomic mass is 15.2. The van der Waals surface area contributed by atoms with Gasteiger partial charge in [0.1, 0.15) is 18.0 Å². The molecule has 0 amide bonds. The van der Waals surface area contributed by atoms with Crippen molar-refractivity contribution in [1.29, 1.82) is 0 Å². The second-order valence-electron chi connectivity index (χ2n) is 8.04. The summed E-state index contributed by atoms with van der Waals surface area (Å²) in [5.41, 5.74) is 1.40. The fourth-order valence-electron chi connectivity index (χ4n) is 4.37. The van der Waals surface area contributed by atoms with Crippen LogP contribution in [-0.4, -0.2) is 54.6 Å². The van der Waals surface area contributed by atoms with Crippen LogP contribution in [0.15, 0.2) is 42.7 Å². The van der Waals surface area contributed by atoms with Gasteiger partial charge in [0, 0.05) is 45.3 Å². The van der Waals surface area contributed by atoms with Gasteiger partial charge < -0.3 is 14.7 Å². The lowest BCUT2D eigenvalue weighted by Gasteiger charge is -2.34. The highest BCUT2D eigenvalue weighted by Crippen LogP contribution is 2.26. The predicted molar refractivity (Wildman–Crippen MR) is 111 cm³/mol. The molecule has 0 bridgehead atoms. The lowest BCUT2D eigenvalue weighted by atomic mass is 9.96. The van der Waals surface area contributed by atoms with Crippen LogP contribution in [0.1, 0.15) is 31.2 Å². The summed E-state index contributed by atoms with van der Waals surface area (Å²) in [4.78, 5) is 16.3. The minimum absolute atomic E-state index is 0.773. The van der Waals surface area contributed by atoms with E-state index in [-0.39, 0.29) is 0 Å². The molecule has 3 heterocycles. The maximum absolute atomic E-state index is 4.55. The molecule has 0 saturated carbocycles. The lowest BCUT2D eigenvalue weighted by molar-refractivity contribution is 0.242. The maximum atomic E-state index is 4.55. The SMILES string of the molecule is CN(Cc1ccccc1)CC1CCN(c2cc(N3CCCC3)ncn2)CC1. The molecule has 27 heavy (non-hydrogen) atoms. The van der Waals surface area contributed by atoms with E-state index in [0.29, 0.717) is 0 Å². The number of rotatable bonds is 6. The summed E-state index contributed by atoms with van der Waals surface area (Å²) in [5, 5.41) is 0. The van der Waals surface area contributed by atoms with Crippen molar-refractivity contribution in [2.24, 2.45) is 5.92 Å². The topological polar surface area (TPSA) is 35.5 Å². The fraction of sp³-hybridized carbons (Fsp3) is 0.545. The Morgan fingerprint density at radius 3 is 2.22 bits per heavy atom. The van der Waals surface area contributed by atoms with Crippen LogP contribution in [-0.2, 0) is 6.54 Å². The lowest BCUT2D eigenvalue weighted by Crippen LogP contribution is -2.38. The summed E-state index contributed by atoms with van der Waals surface area (Å²) < 4.78 is 0. The largest absolute Gasteiger partial charge is 0.356 e. The Hall–Kier alpha value is -2.14. The molecule has 2 fully saturated rings. The van der Waals surface area contributed by atoms with Crippen molar-refractivity contribution in [3.8, 4) is 0 Å². The monoisotopic (exact) mass is 365 g/mol. The van der Waals surface area contributed by atoms with E-state index >= 15 is 0 Å². The van der Waals surface area contributed by atoms with Gasteiger partial charge in [0.25, 0.3) is 0 Å². The van der Waals surface area contributed by atoms with Crippen molar-refractivity contribution in [2.75, 3.05) is 49.6 Å². The zero-order valence-corrected chi connectivity index (χ0v) is 16.4. The third-order valence-corrected chi connectivity index (χ3v) is 5.87. The summed E-state index contributed by atoms with van der Waals surface area (Å²) >= 11 is 0. The molecule has 2 saturated heterocycles. The van der Waals surface area contributed by atoms with Crippen LogP contribution in [0.5, 0.6) is 0 Å². The molecule has 5 nitrogen and oxygen atoms in total. The van der Waals surface area contributed by atoms with Crippen LogP contribution < -0.4 is 9.80 Å². The van der Waals surface area contributed by atoms with Gasteiger partial charge in [0.15, 0.2) is 0 Å². The molecule has 4 rings (SSSR count). The van der Waals surface area contributed by atoms with E-state index in [1.165, 1.54) is 37.8 Å². The molecule has 0 unspecified atom stereocenters. The van der Waals surface area contributed by atoms with Crippen LogP contribution in [0, 0.1) is 5.92 Å². The Morgan fingerprint density at radius 2 is 1.56 bits per heavy atom. The van der Waals surface area contributed by atoms with Crippen molar-refractivity contribution in [1.82, 2.24) is 14.9 Å². The Balaban J connectivity index is 1.28. The van der Waals surface area contributed by atoms with Gasteiger partial charge in [-0.1, -0.05) is 30.3 Å². The van der Waals surface area contributed by atoms with Gasteiger partial charge in [-0.15, -0.1) is 0 Å². The Bertz CT molecular complexity index is 706. The second kappa shape index (κ2) is 8.70. The standard InChI is InChI=1S/C22H31N5/c1-25(16-19-7-3-2-4-8-19)17-20-9-13-27(14-10-20)22-15-21(23-18-24-22)26-11-5-6-12-26/h2-4,7-8,15,18,20H,5-6,9-14,16-17H2,1H3. The first-order valence-electron chi connectivity index (χ1n) is 10.3. The molecule has 5 heteroatoms. The summed E-state index contributed by atoms with van der Waals surface area (Å²) in [6.07, 6.45) is 6.77. The van der Waals surface area contributed by atoms with Crippen LogP contribution in [0.25, 0.3) is 0 Å². The number of nitrogens with zero attached hydrogens (tertiary/aromatic N) is 5. The van der Waals surface area contributed by atoms with Gasteiger partial charge in [0.05, 0.1) is 0 Å². The Labute approximate surface area is 163 Å². The molecule has 2 aromatic rings. The van der Waals surface area contributed by atoms with E-state index in [1.807, 2.05) is 0 Å². The van der Waals surface area contributed by atoms with Gasteiger partial charge >= 0.3 is 0 Å². The number of benzene rings is 1. The van der Waals surface area contributed by atoms with Gasteiger partial charge in [-0.3, -0.25) is 0 Å². The highest BCUT2D eigenvalue weighted by Gasteiger charge is 2.22. The normalized spacial score (nSPS) is 18.4. The molecule has 0 spiro atoms. The van der Waals surface area contributed by atoms with E-state index in [1.54, 1.807) is 6.33 Å². The summed E-state index contributed by atoms with van der Waals surface area (Å²) in [7, 11) is 2.24. The Kier molecular flexibility index (Phi) is 5.87. The zero-order valence-electron chi connectivity index (χ0n) is 16.4. The van der Waals surface area contributed by atoms with Gasteiger partial charge in [0.2, 0.25) is 0 Å². The first kappa shape index (κ1) is 18.2. The van der Waals surface area contributed by atoms with Crippen LogP contribution in [0.4, 0.5) is 11.6 Å². The minimum Gasteiger partial charge on any atom is -0.356 e. The number of hydrogen-bond donors (Lipinski definition) is 0. The second-order valence-corrected chi connectivity index (χ2v) is 8.04. The van der Waals surface area contributed by atoms with Crippen molar-refractivity contribution >= 4 is 11.6 Å². The van der Waals surface area contributed by atoms with Gasteiger partial charge in [-0.25, -0.2) is 9.97 Å². The molecule has 0 radical (unpaired) electrons. The first-order chi connectivity index (χ1) is 13.3. The van der Waals surface area contributed by atoms with E-state index in [2.05, 4.69) is 68.1 Å². The van der Waals surface area contributed by atoms with Crippen molar-refractivity contribution < 1.29 is 0 Å². The molecule has 0 aliphatic carbocycles. The molecule has 144 valence electrons. The van der Waals surface area contributed by atoms with Crippen LogP contribution in [0.3, 0.4) is 0 Å². The van der Waals surface area contributed by atoms with Crippen molar-refractivity contribution in [3.63, 3.8) is 0 Å². The fourth-order valence-corrected chi connectivity index (χ4v) is 4.37. The minimum atomic E-state index is 0.773. The van der Waals surface area contributed by atoms with E-state index in [9.17, 15) is 0 Å². The van der Waals surface area contributed by atoms with E-state index < -0.39 is 0 Å². The molecule has 1 aromatic heterocycles. The van der Waals surface area contributed by atoms with E-state index in [4.69, 9.17) is 0 Å². The molecule has 0 N–H and O–H groups in total. The molecular weight excluding hydrogens is 334 g/mol. The van der Waals surface area contributed by atoms with Crippen LogP contribution >= 0.6 is 0 Å². The number of anilines is 2.